The number of amidine groups is 1. The van der Waals surface area contributed by atoms with Gasteiger partial charge >= 0.3 is 11.9 Å². The highest BCUT2D eigenvalue weighted by Gasteiger charge is 2.50. The number of nitrogens with two attached hydrogens (primary N) is 3. The third kappa shape index (κ3) is 5.01. The number of fused-ring (bicyclic) bond motifs is 1. The van der Waals surface area contributed by atoms with Gasteiger partial charge in [-0.15, -0.1) is 0 Å². The molecular weight excluding hydrogens is 529 g/mol. The van der Waals surface area contributed by atoms with Crippen LogP contribution in [0.3, 0.4) is 0 Å². The number of aromatic nitrogens is 4. The molecule has 3 aromatic rings. The molecule has 38 heavy (non-hydrogen) atoms. The van der Waals surface area contributed by atoms with Crippen LogP contribution in [0.1, 0.15) is 23.8 Å². The fraction of sp³-hybridized carbons (Fsp3) is 0.333. The minimum Gasteiger partial charge on any atom is -0.479 e. The van der Waals surface area contributed by atoms with Gasteiger partial charge in [-0.2, -0.15) is 15.1 Å². The number of carboxylic acid groups (broad SMARTS) is 2. The van der Waals surface area contributed by atoms with Gasteiger partial charge in [0.2, 0.25) is 5.28 Å². The highest BCUT2D eigenvalue weighted by Crippen LogP contribution is 2.35. The van der Waals surface area contributed by atoms with E-state index >= 15 is 0 Å². The van der Waals surface area contributed by atoms with E-state index in [1.54, 1.807) is 6.07 Å². The maximum absolute atomic E-state index is 15.0. The number of anilines is 1. The van der Waals surface area contributed by atoms with Gasteiger partial charge in [0.1, 0.15) is 11.7 Å². The van der Waals surface area contributed by atoms with E-state index in [4.69, 9.17) is 38.5 Å². The number of hydrogen-bond acceptors (Lipinski definition) is 11. The van der Waals surface area contributed by atoms with Crippen LogP contribution in [0, 0.1) is 0 Å². The number of ether oxygens (including phenoxy) is 2. The van der Waals surface area contributed by atoms with Crippen molar-refractivity contribution in [2.45, 2.75) is 36.9 Å². The van der Waals surface area contributed by atoms with Gasteiger partial charge in [-0.1, -0.05) is 18.2 Å². The summed E-state index contributed by atoms with van der Waals surface area (Å²) >= 11 is 5.86. The van der Waals surface area contributed by atoms with Gasteiger partial charge in [-0.05, 0) is 23.2 Å². The van der Waals surface area contributed by atoms with Gasteiger partial charge in [-0.3, -0.25) is 4.57 Å². The lowest BCUT2D eigenvalue weighted by Gasteiger charge is -2.27. The summed E-state index contributed by atoms with van der Waals surface area (Å²) < 4.78 is 27.5. The fourth-order valence-corrected chi connectivity index (χ4v) is 4.28. The number of nitrogens with one attached hydrogen (secondary N) is 1. The summed E-state index contributed by atoms with van der Waals surface area (Å²) in [6.45, 7) is -0.542. The van der Waals surface area contributed by atoms with Crippen molar-refractivity contribution in [3.63, 3.8) is 0 Å². The van der Waals surface area contributed by atoms with E-state index in [2.05, 4.69) is 25.5 Å². The number of aliphatic carboxylic acids is 2. The summed E-state index contributed by atoms with van der Waals surface area (Å²) in [6, 6.07) is 6.08. The highest BCUT2D eigenvalue weighted by atomic mass is 35.5. The van der Waals surface area contributed by atoms with Crippen molar-refractivity contribution in [1.82, 2.24) is 24.9 Å². The summed E-state index contributed by atoms with van der Waals surface area (Å²) in [4.78, 5) is 36.2. The van der Waals surface area contributed by atoms with E-state index < -0.39 is 49.1 Å². The third-order valence-electron chi connectivity index (χ3n) is 5.95. The SMILES string of the molecule is N/N=C(\NN)c1cccc(CC(OCC2CC(F)C(n3cnc4c(N)nc(Cl)nc43)O2)(C(=O)O)C(=O)O)c1. The first-order valence-corrected chi connectivity index (χ1v) is 11.4. The molecule has 4 rings (SSSR count). The third-order valence-corrected chi connectivity index (χ3v) is 6.12. The molecule has 1 saturated heterocycles. The minimum atomic E-state index is -2.71. The molecule has 1 aromatic carbocycles. The summed E-state index contributed by atoms with van der Waals surface area (Å²) in [6.07, 6.45) is -3.35. The highest BCUT2D eigenvalue weighted by molar-refractivity contribution is 6.28. The van der Waals surface area contributed by atoms with E-state index in [0.717, 1.165) is 0 Å². The van der Waals surface area contributed by atoms with Crippen molar-refractivity contribution in [3.05, 3.63) is 47.0 Å². The smallest absolute Gasteiger partial charge is 0.348 e. The van der Waals surface area contributed by atoms with Crippen molar-refractivity contribution in [2.75, 3.05) is 12.3 Å². The number of nitrogen functional groups attached to an aromatic ring is 1. The monoisotopic (exact) mass is 551 g/mol. The van der Waals surface area contributed by atoms with Crippen LogP contribution in [0.5, 0.6) is 0 Å². The number of rotatable bonds is 9. The van der Waals surface area contributed by atoms with Crippen LogP contribution in [0.2, 0.25) is 5.28 Å². The van der Waals surface area contributed by atoms with Crippen LogP contribution in [0.15, 0.2) is 35.7 Å². The van der Waals surface area contributed by atoms with Gasteiger partial charge in [0.25, 0.3) is 5.60 Å². The fourth-order valence-electron chi connectivity index (χ4n) is 4.11. The van der Waals surface area contributed by atoms with E-state index in [1.165, 1.54) is 29.1 Å². The number of alkyl halides is 1. The van der Waals surface area contributed by atoms with E-state index in [9.17, 15) is 24.2 Å². The topological polar surface area (TPSA) is 239 Å². The van der Waals surface area contributed by atoms with Crippen LogP contribution < -0.4 is 22.8 Å². The Hall–Kier alpha value is -4.12. The number of hydrogen-bond donors (Lipinski definition) is 6. The molecule has 202 valence electrons. The Bertz CT molecular complexity index is 1390. The maximum atomic E-state index is 15.0. The van der Waals surface area contributed by atoms with Crippen molar-refractivity contribution in [2.24, 2.45) is 16.8 Å². The first kappa shape index (κ1) is 26.9. The Balaban J connectivity index is 1.54. The van der Waals surface area contributed by atoms with Gasteiger partial charge in [0.15, 0.2) is 23.5 Å². The molecule has 1 fully saturated rings. The molecule has 1 aliphatic rings. The molecule has 2 aromatic heterocycles. The Morgan fingerprint density at radius 3 is 2.74 bits per heavy atom. The van der Waals surface area contributed by atoms with Gasteiger partial charge in [-0.25, -0.2) is 24.8 Å². The normalized spacial score (nSPS) is 20.1. The molecule has 15 nitrogen and oxygen atoms in total. The molecule has 9 N–H and O–H groups in total. The number of halogens is 2. The number of carbonyl (C=O) groups is 2. The van der Waals surface area contributed by atoms with Crippen LogP contribution >= 0.6 is 11.6 Å². The van der Waals surface area contributed by atoms with Crippen molar-refractivity contribution in [3.8, 4) is 0 Å². The van der Waals surface area contributed by atoms with Crippen LogP contribution in [-0.2, 0) is 25.5 Å². The van der Waals surface area contributed by atoms with Crippen molar-refractivity contribution >= 4 is 46.4 Å². The van der Waals surface area contributed by atoms with Gasteiger partial charge in [0.05, 0.1) is 19.0 Å². The second-order valence-electron chi connectivity index (χ2n) is 8.35. The molecule has 0 amide bonds. The molecule has 3 unspecified atom stereocenters. The molecule has 3 atom stereocenters. The number of benzene rings is 1. The molecule has 17 heteroatoms. The van der Waals surface area contributed by atoms with Gasteiger partial charge < -0.3 is 36.7 Å². The first-order chi connectivity index (χ1) is 18.1. The Morgan fingerprint density at radius 2 is 2.08 bits per heavy atom. The molecule has 0 saturated carbocycles. The zero-order valence-electron chi connectivity index (χ0n) is 19.5. The second-order valence-corrected chi connectivity index (χ2v) is 8.69. The zero-order valence-corrected chi connectivity index (χ0v) is 20.2. The Kier molecular flexibility index (Phi) is 7.58. The van der Waals surface area contributed by atoms with Crippen molar-refractivity contribution in [1.29, 1.82) is 0 Å². The largest absolute Gasteiger partial charge is 0.479 e. The molecular formula is C21H23ClFN9O6. The number of hydrazone groups is 1. The summed E-state index contributed by atoms with van der Waals surface area (Å²) in [5, 5.41) is 23.1. The van der Waals surface area contributed by atoms with Crippen LogP contribution in [0.4, 0.5) is 10.2 Å². The predicted molar refractivity (Wildman–Crippen MR) is 130 cm³/mol. The van der Waals surface area contributed by atoms with E-state index in [-0.39, 0.29) is 40.1 Å². The van der Waals surface area contributed by atoms with E-state index in [1.807, 2.05) is 0 Å². The standard InChI is InChI=1S/C21H23ClFN9O6/c22-20-28-14(24)13-16(29-20)32(8-27-13)17-12(23)5-11(38-17)7-37-21(18(33)34,19(35)36)6-9-2-1-3-10(4-9)15(30-25)31-26/h1-4,8,11-12,17H,5-7,25-26H2,(H,30,31)(H,33,34)(H,35,36)(H2,24,28,29). The molecule has 1 aliphatic heterocycles. The molecule has 0 spiro atoms. The average Bonchev–Trinajstić information content (AvgIpc) is 3.45. The summed E-state index contributed by atoms with van der Waals surface area (Å²) in [5.74, 6) is 7.21. The molecule has 3 heterocycles. The average molecular weight is 552 g/mol. The van der Waals surface area contributed by atoms with Gasteiger partial charge in [0, 0.05) is 18.4 Å². The first-order valence-electron chi connectivity index (χ1n) is 11.0. The Labute approximate surface area is 218 Å². The van der Waals surface area contributed by atoms with E-state index in [0.29, 0.717) is 5.56 Å². The molecule has 0 aliphatic carbocycles. The number of imidazole rings is 1. The quantitative estimate of drug-likeness (QED) is 0.0510. The lowest BCUT2D eigenvalue weighted by Crippen LogP contribution is -2.52. The molecule has 0 radical (unpaired) electrons. The number of carboxylic acids is 2. The number of hydrazine groups is 1. The van der Waals surface area contributed by atoms with Crippen LogP contribution in [0.25, 0.3) is 11.2 Å². The summed E-state index contributed by atoms with van der Waals surface area (Å²) in [7, 11) is 0. The minimum absolute atomic E-state index is 0.00379. The number of nitrogens with zero attached hydrogens (tertiary/aromatic N) is 5. The molecule has 0 bridgehead atoms. The lowest BCUT2D eigenvalue weighted by molar-refractivity contribution is -0.188. The van der Waals surface area contributed by atoms with Crippen molar-refractivity contribution < 1.29 is 33.7 Å². The zero-order chi connectivity index (χ0) is 27.6. The predicted octanol–water partition coefficient (Wildman–Crippen LogP) is -0.0616. The Morgan fingerprint density at radius 1 is 1.34 bits per heavy atom. The lowest BCUT2D eigenvalue weighted by atomic mass is 9.93. The second kappa shape index (κ2) is 10.7. The maximum Gasteiger partial charge on any atom is 0.348 e. The summed E-state index contributed by atoms with van der Waals surface area (Å²) in [5.41, 5.74) is 6.35. The van der Waals surface area contributed by atoms with Crippen LogP contribution in [-0.4, -0.2) is 72.0 Å².